The van der Waals surface area contributed by atoms with Gasteiger partial charge in [0.25, 0.3) is 5.91 Å². The van der Waals surface area contributed by atoms with Crippen molar-refractivity contribution in [1.82, 2.24) is 29.7 Å². The summed E-state index contributed by atoms with van der Waals surface area (Å²) in [7, 11) is 0. The van der Waals surface area contributed by atoms with Gasteiger partial charge in [0.05, 0.1) is 16.1 Å². The van der Waals surface area contributed by atoms with Gasteiger partial charge in [-0.2, -0.15) is 0 Å². The summed E-state index contributed by atoms with van der Waals surface area (Å²) in [6.07, 6.45) is 11.2. The quantitative estimate of drug-likeness (QED) is 0.545. The number of piperazine rings is 1. The van der Waals surface area contributed by atoms with Crippen LogP contribution < -0.4 is 5.32 Å². The summed E-state index contributed by atoms with van der Waals surface area (Å²) < 4.78 is 1.84. The van der Waals surface area contributed by atoms with Crippen molar-refractivity contribution in [2.75, 3.05) is 32.7 Å². The van der Waals surface area contributed by atoms with Crippen LogP contribution in [0.15, 0.2) is 42.9 Å². The molecule has 3 aromatic rings. The molecule has 3 heterocycles. The summed E-state index contributed by atoms with van der Waals surface area (Å²) in [6.45, 7) is 9.51. The van der Waals surface area contributed by atoms with Gasteiger partial charge in [-0.25, -0.2) is 9.97 Å². The highest BCUT2D eigenvalue weighted by atomic mass is 35.5. The molecule has 0 atom stereocenters. The number of fused-ring (bicyclic) bond motifs is 1. The van der Waals surface area contributed by atoms with Crippen LogP contribution >= 0.6 is 11.6 Å². The van der Waals surface area contributed by atoms with E-state index in [1.165, 1.54) is 19.3 Å². The largest absolute Gasteiger partial charge is 0.350 e. The highest BCUT2D eigenvalue weighted by Gasteiger charge is 2.40. The predicted octanol–water partition coefficient (Wildman–Crippen LogP) is 4.53. The van der Waals surface area contributed by atoms with Crippen molar-refractivity contribution in [1.29, 1.82) is 0 Å². The molecule has 1 aliphatic carbocycles. The molecule has 1 amide bonds. The van der Waals surface area contributed by atoms with E-state index in [1.54, 1.807) is 18.5 Å². The molecule has 35 heavy (non-hydrogen) atoms. The lowest BCUT2D eigenvalue weighted by Gasteiger charge is -2.50. The lowest BCUT2D eigenvalue weighted by molar-refractivity contribution is 0.000839. The first-order valence-corrected chi connectivity index (χ1v) is 13.2. The van der Waals surface area contributed by atoms with Crippen molar-refractivity contribution in [3.8, 4) is 5.95 Å². The van der Waals surface area contributed by atoms with Crippen LogP contribution in [0.1, 0.15) is 56.3 Å². The second kappa shape index (κ2) is 10.2. The molecule has 1 aromatic carbocycles. The molecule has 8 heteroatoms. The molecule has 2 aliphatic rings. The molecular weight excluding hydrogens is 460 g/mol. The Bertz CT molecular complexity index is 1160. The van der Waals surface area contributed by atoms with Gasteiger partial charge in [0, 0.05) is 68.3 Å². The molecule has 7 nitrogen and oxygen atoms in total. The Morgan fingerprint density at radius 2 is 1.77 bits per heavy atom. The molecule has 5 rings (SSSR count). The molecule has 0 spiro atoms. The lowest BCUT2D eigenvalue weighted by Crippen LogP contribution is -2.62. The number of nitrogens with zero attached hydrogens (tertiary/aromatic N) is 5. The first-order valence-electron chi connectivity index (χ1n) is 12.8. The lowest BCUT2D eigenvalue weighted by atomic mass is 9.79. The van der Waals surface area contributed by atoms with Crippen LogP contribution in [0, 0.1) is 0 Å². The summed E-state index contributed by atoms with van der Waals surface area (Å²) in [6, 6.07) is 8.02. The molecule has 1 aliphatic heterocycles. The normalized spacial score (nSPS) is 19.3. The van der Waals surface area contributed by atoms with Crippen LogP contribution in [-0.2, 0) is 0 Å². The maximum absolute atomic E-state index is 13.6. The number of benzene rings is 1. The van der Waals surface area contributed by atoms with E-state index < -0.39 is 0 Å². The monoisotopic (exact) mass is 494 g/mol. The Hall–Kier alpha value is -2.48. The Labute approximate surface area is 212 Å². The van der Waals surface area contributed by atoms with E-state index >= 15 is 0 Å². The van der Waals surface area contributed by atoms with Gasteiger partial charge < -0.3 is 5.32 Å². The molecule has 0 radical (unpaired) electrons. The number of hydrogen-bond donors (Lipinski definition) is 1. The van der Waals surface area contributed by atoms with Crippen LogP contribution in [-0.4, -0.2) is 74.5 Å². The van der Waals surface area contributed by atoms with E-state index in [0.29, 0.717) is 29.1 Å². The molecule has 186 valence electrons. The zero-order valence-corrected chi connectivity index (χ0v) is 21.5. The maximum Gasteiger partial charge on any atom is 0.253 e. The molecule has 1 N–H and O–H groups in total. The standard InChI is InChI=1S/C27H35ClN6O/c1-20(2)32-14-16-33(17-15-32)27(10-4-3-5-11-27)19-31-25(35)21-18-34(26-29-12-7-13-30-26)23-9-6-8-22(28)24(21)23/h6-9,12-13,18,20H,3-5,10-11,14-17,19H2,1-2H3,(H,31,35). The minimum Gasteiger partial charge on any atom is -0.350 e. The second-order valence-electron chi connectivity index (χ2n) is 10.2. The van der Waals surface area contributed by atoms with Crippen molar-refractivity contribution >= 4 is 28.4 Å². The van der Waals surface area contributed by atoms with Crippen LogP contribution in [0.25, 0.3) is 16.9 Å². The fraction of sp³-hybridized carbons (Fsp3) is 0.519. The summed E-state index contributed by atoms with van der Waals surface area (Å²) >= 11 is 6.60. The van der Waals surface area contributed by atoms with E-state index in [2.05, 4.69) is 38.9 Å². The van der Waals surface area contributed by atoms with E-state index in [9.17, 15) is 4.79 Å². The average molecular weight is 495 g/mol. The third kappa shape index (κ3) is 4.82. The molecular formula is C27H35ClN6O. The van der Waals surface area contributed by atoms with Crippen LogP contribution in [0.5, 0.6) is 0 Å². The first-order chi connectivity index (χ1) is 17.0. The molecule has 0 bridgehead atoms. The summed E-state index contributed by atoms with van der Waals surface area (Å²) in [5.41, 5.74) is 1.42. The first kappa shape index (κ1) is 24.2. The molecule has 2 fully saturated rings. The van der Waals surface area contributed by atoms with Gasteiger partial charge in [-0.3, -0.25) is 19.2 Å². The van der Waals surface area contributed by atoms with Crippen LogP contribution in [0.4, 0.5) is 0 Å². The van der Waals surface area contributed by atoms with E-state index in [0.717, 1.165) is 49.9 Å². The SMILES string of the molecule is CC(C)N1CCN(C2(CNC(=O)c3cn(-c4ncccn4)c4cccc(Cl)c34)CCCCC2)CC1. The fourth-order valence-corrected chi connectivity index (χ4v) is 6.14. The number of nitrogens with one attached hydrogen (secondary N) is 1. The van der Waals surface area contributed by atoms with Gasteiger partial charge in [-0.05, 0) is 44.9 Å². The molecule has 1 saturated carbocycles. The molecule has 0 unspecified atom stereocenters. The third-order valence-corrected chi connectivity index (χ3v) is 8.18. The van der Waals surface area contributed by atoms with E-state index in [-0.39, 0.29) is 11.4 Å². The summed E-state index contributed by atoms with van der Waals surface area (Å²) in [5, 5.41) is 4.61. The van der Waals surface area contributed by atoms with Crippen LogP contribution in [0.2, 0.25) is 5.02 Å². The van der Waals surface area contributed by atoms with Crippen molar-refractivity contribution in [2.24, 2.45) is 0 Å². The number of aromatic nitrogens is 3. The molecule has 1 saturated heterocycles. The average Bonchev–Trinajstić information content (AvgIpc) is 3.30. The minimum atomic E-state index is -0.0939. The Kier molecular flexibility index (Phi) is 7.09. The number of carbonyl (C=O) groups excluding carboxylic acids is 1. The topological polar surface area (TPSA) is 66.3 Å². The van der Waals surface area contributed by atoms with Gasteiger partial charge in [0.2, 0.25) is 5.95 Å². The van der Waals surface area contributed by atoms with Gasteiger partial charge >= 0.3 is 0 Å². The van der Waals surface area contributed by atoms with Gasteiger partial charge in [-0.1, -0.05) is 36.9 Å². The maximum atomic E-state index is 13.6. The van der Waals surface area contributed by atoms with Crippen molar-refractivity contribution in [3.63, 3.8) is 0 Å². The predicted molar refractivity (Wildman–Crippen MR) is 140 cm³/mol. The van der Waals surface area contributed by atoms with Crippen molar-refractivity contribution < 1.29 is 4.79 Å². The fourth-order valence-electron chi connectivity index (χ4n) is 5.86. The second-order valence-corrected chi connectivity index (χ2v) is 10.6. The Morgan fingerprint density at radius 3 is 2.46 bits per heavy atom. The minimum absolute atomic E-state index is 0.0294. The highest BCUT2D eigenvalue weighted by molar-refractivity contribution is 6.37. The zero-order valence-electron chi connectivity index (χ0n) is 20.7. The van der Waals surface area contributed by atoms with Gasteiger partial charge in [0.15, 0.2) is 0 Å². The van der Waals surface area contributed by atoms with E-state index in [4.69, 9.17) is 11.6 Å². The van der Waals surface area contributed by atoms with Gasteiger partial charge in [0.1, 0.15) is 0 Å². The molecule has 2 aromatic heterocycles. The summed E-state index contributed by atoms with van der Waals surface area (Å²) in [4.78, 5) is 27.6. The smallest absolute Gasteiger partial charge is 0.253 e. The highest BCUT2D eigenvalue weighted by Crippen LogP contribution is 2.35. The van der Waals surface area contributed by atoms with Crippen molar-refractivity contribution in [2.45, 2.75) is 57.5 Å². The number of rotatable bonds is 6. The Balaban J connectivity index is 1.39. The van der Waals surface area contributed by atoms with E-state index in [1.807, 2.05) is 29.0 Å². The zero-order chi connectivity index (χ0) is 24.4. The third-order valence-electron chi connectivity index (χ3n) is 7.87. The number of hydrogen-bond acceptors (Lipinski definition) is 5. The van der Waals surface area contributed by atoms with Gasteiger partial charge in [-0.15, -0.1) is 0 Å². The number of halogens is 1. The number of amides is 1. The summed E-state index contributed by atoms with van der Waals surface area (Å²) in [5.74, 6) is 0.425. The number of carbonyl (C=O) groups is 1. The van der Waals surface area contributed by atoms with Crippen LogP contribution in [0.3, 0.4) is 0 Å². The Morgan fingerprint density at radius 1 is 1.06 bits per heavy atom. The van der Waals surface area contributed by atoms with Crippen molar-refractivity contribution in [3.05, 3.63) is 53.4 Å².